The summed E-state index contributed by atoms with van der Waals surface area (Å²) in [5.41, 5.74) is 3.00. The maximum Gasteiger partial charge on any atom is 0.417 e. The lowest BCUT2D eigenvalue weighted by atomic mass is 10.0. The van der Waals surface area contributed by atoms with Crippen molar-refractivity contribution in [3.05, 3.63) is 59.4 Å². The number of ether oxygens (including phenoxy) is 1. The van der Waals surface area contributed by atoms with Gasteiger partial charge in [-0.15, -0.1) is 0 Å². The molecule has 1 atom stereocenters. The monoisotopic (exact) mass is 457 g/mol. The van der Waals surface area contributed by atoms with Gasteiger partial charge in [-0.05, 0) is 37.3 Å². The van der Waals surface area contributed by atoms with Gasteiger partial charge in [0, 0.05) is 55.1 Å². The first kappa shape index (κ1) is 21.4. The number of rotatable bonds is 4. The fourth-order valence-electron chi connectivity index (χ4n) is 4.45. The molecule has 10 heteroatoms. The number of fused-ring (bicyclic) bond motifs is 1. The number of alkyl halides is 3. The number of pyridine rings is 1. The number of esters is 1. The van der Waals surface area contributed by atoms with Crippen molar-refractivity contribution >= 4 is 11.8 Å². The first-order valence-corrected chi connectivity index (χ1v) is 10.7. The van der Waals surface area contributed by atoms with E-state index in [9.17, 15) is 18.0 Å². The Bertz CT molecular complexity index is 1180. The molecule has 1 saturated heterocycles. The second-order valence-electron chi connectivity index (χ2n) is 8.42. The van der Waals surface area contributed by atoms with Gasteiger partial charge in [0.15, 0.2) is 0 Å². The number of anilines is 1. The van der Waals surface area contributed by atoms with Gasteiger partial charge in [0.25, 0.3) is 0 Å². The average Bonchev–Trinajstić information content (AvgIpc) is 3.38. The van der Waals surface area contributed by atoms with Gasteiger partial charge in [-0.1, -0.05) is 0 Å². The second kappa shape index (κ2) is 8.18. The zero-order valence-corrected chi connectivity index (χ0v) is 17.9. The summed E-state index contributed by atoms with van der Waals surface area (Å²) in [5, 5.41) is 7.28. The van der Waals surface area contributed by atoms with Crippen LogP contribution in [-0.4, -0.2) is 51.7 Å². The Morgan fingerprint density at radius 2 is 2.03 bits per heavy atom. The van der Waals surface area contributed by atoms with E-state index in [0.29, 0.717) is 24.7 Å². The van der Waals surface area contributed by atoms with E-state index >= 15 is 0 Å². The van der Waals surface area contributed by atoms with E-state index in [0.717, 1.165) is 47.7 Å². The SMILES string of the molecule is C[C@@H]1CN(Cc2cn[nH]c2-c2ccc3c(c2)CC(=O)O3)CCN1c1ccc(C(F)(F)F)cn1. The largest absolute Gasteiger partial charge is 0.426 e. The molecule has 0 unspecified atom stereocenters. The number of hydrogen-bond acceptors (Lipinski definition) is 6. The Kier molecular flexibility index (Phi) is 5.32. The van der Waals surface area contributed by atoms with Crippen LogP contribution in [0.2, 0.25) is 0 Å². The molecular weight excluding hydrogens is 435 g/mol. The highest BCUT2D eigenvalue weighted by atomic mass is 19.4. The third-order valence-electron chi connectivity index (χ3n) is 6.10. The van der Waals surface area contributed by atoms with Crippen molar-refractivity contribution in [2.45, 2.75) is 32.1 Å². The zero-order valence-electron chi connectivity index (χ0n) is 17.9. The lowest BCUT2D eigenvalue weighted by Gasteiger charge is -2.40. The molecule has 0 amide bonds. The van der Waals surface area contributed by atoms with Crippen molar-refractivity contribution in [1.29, 1.82) is 0 Å². The smallest absolute Gasteiger partial charge is 0.417 e. The van der Waals surface area contributed by atoms with Gasteiger partial charge < -0.3 is 9.64 Å². The number of halogens is 3. The van der Waals surface area contributed by atoms with Gasteiger partial charge in [0.2, 0.25) is 0 Å². The van der Waals surface area contributed by atoms with Crippen molar-refractivity contribution < 1.29 is 22.7 Å². The van der Waals surface area contributed by atoms with Gasteiger partial charge in [-0.3, -0.25) is 14.8 Å². The predicted molar refractivity (Wildman–Crippen MR) is 115 cm³/mol. The highest BCUT2D eigenvalue weighted by Gasteiger charge is 2.32. The van der Waals surface area contributed by atoms with E-state index in [2.05, 4.69) is 20.1 Å². The van der Waals surface area contributed by atoms with Crippen LogP contribution in [0, 0.1) is 0 Å². The molecule has 0 radical (unpaired) electrons. The summed E-state index contributed by atoms with van der Waals surface area (Å²) in [5.74, 6) is 0.905. The van der Waals surface area contributed by atoms with E-state index in [1.807, 2.05) is 24.0 Å². The van der Waals surface area contributed by atoms with Crippen molar-refractivity contribution in [2.75, 3.05) is 24.5 Å². The second-order valence-corrected chi connectivity index (χ2v) is 8.42. The van der Waals surface area contributed by atoms with Gasteiger partial charge in [-0.2, -0.15) is 18.3 Å². The predicted octanol–water partition coefficient (Wildman–Crippen LogP) is 3.66. The third kappa shape index (κ3) is 4.30. The molecule has 2 aromatic heterocycles. The first-order valence-electron chi connectivity index (χ1n) is 10.7. The highest BCUT2D eigenvalue weighted by Crippen LogP contribution is 2.33. The number of benzene rings is 1. The molecule has 0 aliphatic carbocycles. The van der Waals surface area contributed by atoms with Crippen LogP contribution < -0.4 is 9.64 Å². The Hall–Kier alpha value is -3.40. The minimum atomic E-state index is -4.39. The Labute approximate surface area is 188 Å². The van der Waals surface area contributed by atoms with Gasteiger partial charge >= 0.3 is 12.1 Å². The van der Waals surface area contributed by atoms with Crippen LogP contribution >= 0.6 is 0 Å². The Balaban J connectivity index is 1.26. The molecule has 172 valence electrons. The molecule has 1 fully saturated rings. The van der Waals surface area contributed by atoms with E-state index in [1.54, 1.807) is 12.3 Å². The molecular formula is C23H22F3N5O2. The molecule has 1 aromatic carbocycles. The van der Waals surface area contributed by atoms with Gasteiger partial charge in [-0.25, -0.2) is 4.98 Å². The maximum atomic E-state index is 12.8. The number of aromatic amines is 1. The zero-order chi connectivity index (χ0) is 23.2. The summed E-state index contributed by atoms with van der Waals surface area (Å²) in [6.45, 7) is 4.85. The molecule has 1 N–H and O–H groups in total. The van der Waals surface area contributed by atoms with E-state index in [-0.39, 0.29) is 18.4 Å². The van der Waals surface area contributed by atoms with Crippen LogP contribution in [0.3, 0.4) is 0 Å². The molecule has 7 nitrogen and oxygen atoms in total. The highest BCUT2D eigenvalue weighted by molar-refractivity contribution is 5.82. The van der Waals surface area contributed by atoms with Crippen LogP contribution in [0.15, 0.2) is 42.7 Å². The quantitative estimate of drug-likeness (QED) is 0.476. The standard InChI is InChI=1S/C23H22F3N5O2/c1-14-12-30(6-7-31(14)20-5-3-18(11-27-20)23(24,25)26)13-17-10-28-29-22(17)15-2-4-19-16(8-15)9-21(32)33-19/h2-5,8,10-11,14H,6-7,9,12-13H2,1H3,(H,28,29)/t14-/m1/s1. The summed E-state index contributed by atoms with van der Waals surface area (Å²) >= 11 is 0. The molecule has 4 heterocycles. The molecule has 0 spiro atoms. The fraction of sp³-hybridized carbons (Fsp3) is 0.348. The fourth-order valence-corrected chi connectivity index (χ4v) is 4.45. The molecule has 0 saturated carbocycles. The summed E-state index contributed by atoms with van der Waals surface area (Å²) in [4.78, 5) is 19.9. The van der Waals surface area contributed by atoms with Crippen molar-refractivity contribution in [1.82, 2.24) is 20.1 Å². The lowest BCUT2D eigenvalue weighted by molar-refractivity contribution is -0.137. The number of nitrogens with zero attached hydrogens (tertiary/aromatic N) is 4. The van der Waals surface area contributed by atoms with E-state index < -0.39 is 11.7 Å². The van der Waals surface area contributed by atoms with E-state index in [4.69, 9.17) is 4.74 Å². The van der Waals surface area contributed by atoms with Crippen molar-refractivity contribution in [2.24, 2.45) is 0 Å². The molecule has 2 aliphatic rings. The molecule has 0 bridgehead atoms. The topological polar surface area (TPSA) is 74.3 Å². The van der Waals surface area contributed by atoms with Gasteiger partial charge in [0.1, 0.15) is 11.6 Å². The van der Waals surface area contributed by atoms with Crippen LogP contribution in [0.25, 0.3) is 11.3 Å². The minimum absolute atomic E-state index is 0.0847. The number of piperazine rings is 1. The molecule has 2 aliphatic heterocycles. The van der Waals surface area contributed by atoms with Crippen molar-refractivity contribution in [3.8, 4) is 17.0 Å². The summed E-state index contributed by atoms with van der Waals surface area (Å²) in [6.07, 6.45) is -1.43. The first-order chi connectivity index (χ1) is 15.8. The Morgan fingerprint density at radius 1 is 1.18 bits per heavy atom. The van der Waals surface area contributed by atoms with Crippen LogP contribution in [0.5, 0.6) is 5.75 Å². The maximum absolute atomic E-state index is 12.8. The number of aromatic nitrogens is 3. The summed E-state index contributed by atoms with van der Waals surface area (Å²) in [6, 6.07) is 8.26. The molecule has 5 rings (SSSR count). The number of carbonyl (C=O) groups is 1. The van der Waals surface area contributed by atoms with E-state index in [1.165, 1.54) is 6.07 Å². The molecule has 3 aromatic rings. The third-order valence-corrected chi connectivity index (χ3v) is 6.10. The summed E-state index contributed by atoms with van der Waals surface area (Å²) in [7, 11) is 0. The summed E-state index contributed by atoms with van der Waals surface area (Å²) < 4.78 is 43.6. The normalized spacial score (nSPS) is 19.0. The number of carbonyl (C=O) groups excluding carboxylic acids is 1. The Morgan fingerprint density at radius 3 is 2.76 bits per heavy atom. The average molecular weight is 457 g/mol. The number of hydrogen-bond donors (Lipinski definition) is 1. The molecule has 33 heavy (non-hydrogen) atoms. The van der Waals surface area contributed by atoms with Crippen LogP contribution in [0.4, 0.5) is 19.0 Å². The number of nitrogens with one attached hydrogen (secondary N) is 1. The van der Waals surface area contributed by atoms with Crippen LogP contribution in [-0.2, 0) is 23.9 Å². The minimum Gasteiger partial charge on any atom is -0.426 e. The van der Waals surface area contributed by atoms with Crippen LogP contribution in [0.1, 0.15) is 23.6 Å². The number of H-pyrrole nitrogens is 1. The van der Waals surface area contributed by atoms with Crippen molar-refractivity contribution in [3.63, 3.8) is 0 Å². The van der Waals surface area contributed by atoms with Gasteiger partial charge in [0.05, 0.1) is 23.9 Å². The lowest BCUT2D eigenvalue weighted by Crippen LogP contribution is -2.51.